The van der Waals surface area contributed by atoms with Gasteiger partial charge in [-0.1, -0.05) is 18.2 Å². The molecule has 2 aromatic carbocycles. The summed E-state index contributed by atoms with van der Waals surface area (Å²) in [5.74, 6) is 0.405. The van der Waals surface area contributed by atoms with Gasteiger partial charge in [-0.2, -0.15) is 0 Å². The molecular weight excluding hydrogens is 461 g/mol. The maximum atomic E-state index is 12.8. The molecule has 0 bridgehead atoms. The molecule has 1 unspecified atom stereocenters. The van der Waals surface area contributed by atoms with E-state index in [0.717, 1.165) is 9.13 Å². The highest BCUT2D eigenvalue weighted by atomic mass is 127. The molecule has 0 aliphatic rings. The van der Waals surface area contributed by atoms with Crippen molar-refractivity contribution in [1.82, 2.24) is 5.32 Å². The Morgan fingerprint density at radius 3 is 2.41 bits per heavy atom. The molecule has 6 nitrogen and oxygen atoms in total. The van der Waals surface area contributed by atoms with E-state index >= 15 is 0 Å². The first-order valence-corrected chi connectivity index (χ1v) is 9.33. The summed E-state index contributed by atoms with van der Waals surface area (Å²) in [5, 5.41) is 2.93. The van der Waals surface area contributed by atoms with Crippen LogP contribution in [0, 0.1) is 10.5 Å². The lowest BCUT2D eigenvalue weighted by Gasteiger charge is -2.20. The number of halogens is 1. The van der Waals surface area contributed by atoms with Crippen molar-refractivity contribution >= 4 is 34.5 Å². The number of carbonyl (C=O) groups excluding carboxylic acids is 2. The van der Waals surface area contributed by atoms with Crippen LogP contribution < -0.4 is 14.8 Å². The van der Waals surface area contributed by atoms with Crippen LogP contribution in [-0.2, 0) is 9.53 Å². The Hall–Kier alpha value is -2.29. The minimum absolute atomic E-state index is 0.000117. The minimum Gasteiger partial charge on any atom is -0.493 e. The van der Waals surface area contributed by atoms with Gasteiger partial charge in [0.15, 0.2) is 11.5 Å². The second-order valence-corrected chi connectivity index (χ2v) is 6.94. The first-order chi connectivity index (χ1) is 12.9. The molecule has 1 N–H and O–H groups in total. The molecule has 0 fully saturated rings. The van der Waals surface area contributed by atoms with Crippen LogP contribution in [0.5, 0.6) is 11.5 Å². The molecule has 2 rings (SSSR count). The molecule has 7 heteroatoms. The average molecular weight is 483 g/mol. The third-order valence-corrected chi connectivity index (χ3v) is 5.58. The lowest BCUT2D eigenvalue weighted by atomic mass is 10.0. The van der Waals surface area contributed by atoms with Gasteiger partial charge < -0.3 is 19.5 Å². The Balaban J connectivity index is 2.36. The van der Waals surface area contributed by atoms with Gasteiger partial charge in [-0.25, -0.2) is 0 Å². The molecule has 0 aliphatic heterocycles. The molecule has 2 aromatic rings. The number of benzene rings is 2. The second kappa shape index (κ2) is 9.59. The summed E-state index contributed by atoms with van der Waals surface area (Å²) in [6, 6.07) is 10.2. The Labute approximate surface area is 172 Å². The number of carbonyl (C=O) groups is 2. The molecule has 0 spiro atoms. The standard InChI is InChI=1S/C20H22INO5/c1-12-6-5-7-14(19(12)21)20(24)22-15(11-18(23)27-4)13-8-9-16(25-2)17(10-13)26-3/h5-10,15H,11H2,1-4H3,(H,22,24). The monoisotopic (exact) mass is 483 g/mol. The molecule has 27 heavy (non-hydrogen) atoms. The number of methoxy groups -OCH3 is 3. The van der Waals surface area contributed by atoms with E-state index in [1.165, 1.54) is 14.2 Å². The predicted molar refractivity (Wildman–Crippen MR) is 110 cm³/mol. The number of hydrogen-bond acceptors (Lipinski definition) is 5. The number of hydrogen-bond donors (Lipinski definition) is 1. The van der Waals surface area contributed by atoms with Crippen molar-refractivity contribution in [3.8, 4) is 11.5 Å². The summed E-state index contributed by atoms with van der Waals surface area (Å²) in [4.78, 5) is 24.7. The van der Waals surface area contributed by atoms with E-state index < -0.39 is 12.0 Å². The lowest BCUT2D eigenvalue weighted by Crippen LogP contribution is -2.31. The number of nitrogens with one attached hydrogen (secondary N) is 1. The topological polar surface area (TPSA) is 73.9 Å². The van der Waals surface area contributed by atoms with Crippen LogP contribution in [0.25, 0.3) is 0 Å². The SMILES string of the molecule is COC(=O)CC(NC(=O)c1cccc(C)c1I)c1ccc(OC)c(OC)c1. The van der Waals surface area contributed by atoms with E-state index in [1.807, 2.05) is 19.1 Å². The summed E-state index contributed by atoms with van der Waals surface area (Å²) >= 11 is 2.15. The van der Waals surface area contributed by atoms with E-state index in [0.29, 0.717) is 22.6 Å². The fourth-order valence-electron chi connectivity index (χ4n) is 2.63. The summed E-state index contributed by atoms with van der Waals surface area (Å²) in [7, 11) is 4.40. The van der Waals surface area contributed by atoms with Gasteiger partial charge in [0, 0.05) is 3.57 Å². The van der Waals surface area contributed by atoms with E-state index in [-0.39, 0.29) is 12.3 Å². The van der Waals surface area contributed by atoms with Crippen LogP contribution in [0.15, 0.2) is 36.4 Å². The van der Waals surface area contributed by atoms with Crippen molar-refractivity contribution in [2.24, 2.45) is 0 Å². The zero-order chi connectivity index (χ0) is 20.0. The van der Waals surface area contributed by atoms with Crippen LogP contribution in [0.3, 0.4) is 0 Å². The van der Waals surface area contributed by atoms with E-state index in [9.17, 15) is 9.59 Å². The lowest BCUT2D eigenvalue weighted by molar-refractivity contribution is -0.141. The molecule has 0 heterocycles. The summed E-state index contributed by atoms with van der Waals surface area (Å²) < 4.78 is 16.2. The number of ether oxygens (including phenoxy) is 3. The van der Waals surface area contributed by atoms with Gasteiger partial charge in [0.05, 0.1) is 39.4 Å². The predicted octanol–water partition coefficient (Wildman–Crippen LogP) is 3.65. The van der Waals surface area contributed by atoms with Crippen molar-refractivity contribution in [2.45, 2.75) is 19.4 Å². The normalized spacial score (nSPS) is 11.4. The number of esters is 1. The van der Waals surface area contributed by atoms with Gasteiger partial charge in [-0.15, -0.1) is 0 Å². The highest BCUT2D eigenvalue weighted by molar-refractivity contribution is 14.1. The Bertz CT molecular complexity index is 837. The van der Waals surface area contributed by atoms with E-state index in [2.05, 4.69) is 27.9 Å². The number of amides is 1. The largest absolute Gasteiger partial charge is 0.493 e. The zero-order valence-electron chi connectivity index (χ0n) is 15.7. The van der Waals surface area contributed by atoms with E-state index in [4.69, 9.17) is 14.2 Å². The third kappa shape index (κ3) is 5.12. The number of aryl methyl sites for hydroxylation is 1. The first kappa shape index (κ1) is 21.0. The quantitative estimate of drug-likeness (QED) is 0.481. The van der Waals surface area contributed by atoms with Gasteiger partial charge >= 0.3 is 5.97 Å². The molecule has 0 saturated heterocycles. The van der Waals surface area contributed by atoms with Crippen molar-refractivity contribution in [3.05, 3.63) is 56.7 Å². The molecular formula is C20H22INO5. The van der Waals surface area contributed by atoms with Crippen LogP contribution in [-0.4, -0.2) is 33.2 Å². The second-order valence-electron chi connectivity index (χ2n) is 5.86. The Morgan fingerprint density at radius 2 is 1.78 bits per heavy atom. The highest BCUT2D eigenvalue weighted by Gasteiger charge is 2.22. The van der Waals surface area contributed by atoms with Crippen molar-refractivity contribution in [1.29, 1.82) is 0 Å². The summed E-state index contributed by atoms with van der Waals surface area (Å²) in [5.41, 5.74) is 2.29. The van der Waals surface area contributed by atoms with Gasteiger partial charge in [0.1, 0.15) is 0 Å². The molecule has 1 amide bonds. The Morgan fingerprint density at radius 1 is 1.07 bits per heavy atom. The van der Waals surface area contributed by atoms with Crippen LogP contribution in [0.1, 0.15) is 33.9 Å². The first-order valence-electron chi connectivity index (χ1n) is 8.26. The fourth-order valence-corrected chi connectivity index (χ4v) is 3.24. The minimum atomic E-state index is -0.568. The van der Waals surface area contributed by atoms with Crippen LogP contribution >= 0.6 is 22.6 Å². The molecule has 1 atom stereocenters. The zero-order valence-corrected chi connectivity index (χ0v) is 17.8. The van der Waals surface area contributed by atoms with Crippen molar-refractivity contribution < 1.29 is 23.8 Å². The smallest absolute Gasteiger partial charge is 0.307 e. The van der Waals surface area contributed by atoms with Crippen LogP contribution in [0.2, 0.25) is 0 Å². The average Bonchev–Trinajstić information content (AvgIpc) is 2.68. The fraction of sp³-hybridized carbons (Fsp3) is 0.300. The van der Waals surface area contributed by atoms with E-state index in [1.54, 1.807) is 31.4 Å². The van der Waals surface area contributed by atoms with Gasteiger partial charge in [-0.3, -0.25) is 9.59 Å². The molecule has 0 saturated carbocycles. The maximum Gasteiger partial charge on any atom is 0.307 e. The number of rotatable bonds is 7. The molecule has 0 aromatic heterocycles. The molecule has 0 radical (unpaired) electrons. The van der Waals surface area contributed by atoms with Crippen LogP contribution in [0.4, 0.5) is 0 Å². The molecule has 144 valence electrons. The third-order valence-electron chi connectivity index (χ3n) is 4.15. The highest BCUT2D eigenvalue weighted by Crippen LogP contribution is 2.31. The van der Waals surface area contributed by atoms with Crippen molar-refractivity contribution in [3.63, 3.8) is 0 Å². The molecule has 0 aliphatic carbocycles. The van der Waals surface area contributed by atoms with Gasteiger partial charge in [0.25, 0.3) is 5.91 Å². The van der Waals surface area contributed by atoms with Gasteiger partial charge in [-0.05, 0) is 58.8 Å². The summed E-state index contributed by atoms with van der Waals surface area (Å²) in [6.45, 7) is 1.94. The van der Waals surface area contributed by atoms with Gasteiger partial charge in [0.2, 0.25) is 0 Å². The Kier molecular flexibility index (Phi) is 7.46. The van der Waals surface area contributed by atoms with Crippen molar-refractivity contribution in [2.75, 3.05) is 21.3 Å². The maximum absolute atomic E-state index is 12.8. The summed E-state index contributed by atoms with van der Waals surface area (Å²) in [6.07, 6.45) is 0.000117.